The molecule has 5 heteroatoms. The van der Waals surface area contributed by atoms with Crippen molar-refractivity contribution in [3.63, 3.8) is 0 Å². The quantitative estimate of drug-likeness (QED) is 0.597. The third kappa shape index (κ3) is 3.91. The van der Waals surface area contributed by atoms with Gasteiger partial charge in [-0.15, -0.1) is 0 Å². The van der Waals surface area contributed by atoms with Crippen molar-refractivity contribution in [2.24, 2.45) is 5.10 Å². The number of carbonyl (C=O) groups excluding carboxylic acids is 1. The van der Waals surface area contributed by atoms with E-state index in [1.807, 2.05) is 0 Å². The van der Waals surface area contributed by atoms with Crippen LogP contribution >= 0.6 is 11.6 Å². The van der Waals surface area contributed by atoms with Crippen molar-refractivity contribution < 1.29 is 4.79 Å². The minimum absolute atomic E-state index is 0.0221. The maximum absolute atomic E-state index is 12.1. The van der Waals surface area contributed by atoms with Crippen LogP contribution in [-0.4, -0.2) is 24.7 Å². The van der Waals surface area contributed by atoms with Crippen LogP contribution in [0.4, 0.5) is 5.69 Å². The van der Waals surface area contributed by atoms with Gasteiger partial charge in [0.2, 0.25) is 0 Å². The van der Waals surface area contributed by atoms with E-state index < -0.39 is 0 Å². The van der Waals surface area contributed by atoms with Gasteiger partial charge in [-0.05, 0) is 80.8 Å². The molecule has 1 aliphatic heterocycles. The average Bonchev–Trinajstić information content (AvgIpc) is 2.61. The highest BCUT2D eigenvalue weighted by Crippen LogP contribution is 2.38. The lowest BCUT2D eigenvalue weighted by Gasteiger charge is -2.41. The number of fused-ring (bicyclic) bond motifs is 1. The van der Waals surface area contributed by atoms with Crippen LogP contribution in [0.3, 0.4) is 0 Å². The lowest BCUT2D eigenvalue weighted by molar-refractivity contribution is 0.0955. The number of likely N-dealkylation sites (N-methyl/N-ethyl adjacent to an activating group) is 1. The van der Waals surface area contributed by atoms with Crippen molar-refractivity contribution in [3.8, 4) is 0 Å². The van der Waals surface area contributed by atoms with Crippen LogP contribution in [0.15, 0.2) is 47.6 Å². The first-order valence-corrected chi connectivity index (χ1v) is 9.24. The molecular formula is C22H24ClN3O. The predicted octanol–water partition coefficient (Wildman–Crippen LogP) is 5.04. The zero-order valence-electron chi connectivity index (χ0n) is 16.3. The summed E-state index contributed by atoms with van der Waals surface area (Å²) in [6.45, 7) is 8.59. The number of hydrogen-bond donors (Lipinski definition) is 1. The molecular weight excluding hydrogens is 358 g/mol. The standard InChI is InChI=1S/C22H24ClN3O/c1-14-10-20-19(15(2)12-22(3,4)26(20)5)11-17(14)13-24-25-21(27)16-6-8-18(23)9-7-16/h6-13H,1-5H3,(H,25,27)/b24-13-. The summed E-state index contributed by atoms with van der Waals surface area (Å²) < 4.78 is 0. The molecule has 27 heavy (non-hydrogen) atoms. The SMILES string of the molecule is CC1=CC(C)(C)N(C)c2cc(C)c(/C=N\NC(=O)c3ccc(Cl)cc3)cc21. The maximum Gasteiger partial charge on any atom is 0.271 e. The zero-order chi connectivity index (χ0) is 19.8. The number of benzene rings is 2. The minimum Gasteiger partial charge on any atom is -0.365 e. The molecule has 0 aromatic heterocycles. The third-order valence-electron chi connectivity index (χ3n) is 5.08. The van der Waals surface area contributed by atoms with Gasteiger partial charge in [0.25, 0.3) is 5.91 Å². The second-order valence-corrected chi connectivity index (χ2v) is 7.91. The summed E-state index contributed by atoms with van der Waals surface area (Å²) in [5.74, 6) is -0.268. The maximum atomic E-state index is 12.1. The first-order chi connectivity index (χ1) is 12.7. The number of hydrazone groups is 1. The van der Waals surface area contributed by atoms with E-state index in [0.717, 1.165) is 11.1 Å². The Morgan fingerprint density at radius 3 is 2.52 bits per heavy atom. The summed E-state index contributed by atoms with van der Waals surface area (Å²) in [7, 11) is 2.11. The highest BCUT2D eigenvalue weighted by atomic mass is 35.5. The number of aryl methyl sites for hydroxylation is 1. The molecule has 2 aromatic carbocycles. The average molecular weight is 382 g/mol. The third-order valence-corrected chi connectivity index (χ3v) is 5.33. The Balaban J connectivity index is 1.82. The van der Waals surface area contributed by atoms with Crippen LogP contribution in [0.2, 0.25) is 5.02 Å². The summed E-state index contributed by atoms with van der Waals surface area (Å²) >= 11 is 5.85. The van der Waals surface area contributed by atoms with Crippen LogP contribution in [0.25, 0.3) is 5.57 Å². The van der Waals surface area contributed by atoms with E-state index in [9.17, 15) is 4.79 Å². The van der Waals surface area contributed by atoms with Gasteiger partial charge in [0.15, 0.2) is 0 Å². The molecule has 0 unspecified atom stereocenters. The van der Waals surface area contributed by atoms with Crippen molar-refractivity contribution in [1.29, 1.82) is 0 Å². The molecule has 0 spiro atoms. The topological polar surface area (TPSA) is 44.7 Å². The number of nitrogens with one attached hydrogen (secondary N) is 1. The number of anilines is 1. The number of allylic oxidation sites excluding steroid dienone is 1. The highest BCUT2D eigenvalue weighted by Gasteiger charge is 2.28. The van der Waals surface area contributed by atoms with Gasteiger partial charge in [-0.2, -0.15) is 5.10 Å². The molecule has 4 nitrogen and oxygen atoms in total. The Morgan fingerprint density at radius 1 is 1.19 bits per heavy atom. The fourth-order valence-corrected chi connectivity index (χ4v) is 3.41. The Labute approximate surface area is 165 Å². The Kier molecular flexibility index (Phi) is 5.11. The first kappa shape index (κ1) is 19.2. The van der Waals surface area contributed by atoms with Crippen molar-refractivity contribution in [1.82, 2.24) is 5.43 Å². The monoisotopic (exact) mass is 381 g/mol. The highest BCUT2D eigenvalue weighted by molar-refractivity contribution is 6.30. The molecule has 1 N–H and O–H groups in total. The molecule has 0 aliphatic carbocycles. The lowest BCUT2D eigenvalue weighted by atomic mass is 9.87. The molecule has 2 aromatic rings. The van der Waals surface area contributed by atoms with Gasteiger partial charge in [0.05, 0.1) is 11.8 Å². The number of amides is 1. The zero-order valence-corrected chi connectivity index (χ0v) is 17.1. The fourth-order valence-electron chi connectivity index (χ4n) is 3.28. The molecule has 1 heterocycles. The molecule has 0 saturated carbocycles. The second-order valence-electron chi connectivity index (χ2n) is 7.47. The van der Waals surface area contributed by atoms with Crippen LogP contribution < -0.4 is 10.3 Å². The van der Waals surface area contributed by atoms with E-state index in [1.165, 1.54) is 16.8 Å². The number of halogens is 1. The van der Waals surface area contributed by atoms with Crippen molar-refractivity contribution in [2.75, 3.05) is 11.9 Å². The van der Waals surface area contributed by atoms with E-state index >= 15 is 0 Å². The van der Waals surface area contributed by atoms with Gasteiger partial charge in [-0.25, -0.2) is 5.43 Å². The lowest BCUT2D eigenvalue weighted by Crippen LogP contribution is -2.42. The van der Waals surface area contributed by atoms with E-state index in [1.54, 1.807) is 30.5 Å². The Morgan fingerprint density at radius 2 is 1.85 bits per heavy atom. The summed E-state index contributed by atoms with van der Waals surface area (Å²) in [5, 5.41) is 4.73. The number of carbonyl (C=O) groups is 1. The molecule has 1 amide bonds. The molecule has 140 valence electrons. The first-order valence-electron chi connectivity index (χ1n) is 8.86. The second kappa shape index (κ2) is 7.20. The van der Waals surface area contributed by atoms with E-state index in [-0.39, 0.29) is 11.4 Å². The molecule has 0 bridgehead atoms. The molecule has 1 aliphatic rings. The van der Waals surface area contributed by atoms with Gasteiger partial charge in [0, 0.05) is 28.9 Å². The molecule has 0 atom stereocenters. The number of hydrogen-bond acceptors (Lipinski definition) is 3. The smallest absolute Gasteiger partial charge is 0.271 e. The van der Waals surface area contributed by atoms with Crippen LogP contribution in [0, 0.1) is 6.92 Å². The minimum atomic E-state index is -0.268. The van der Waals surface area contributed by atoms with E-state index in [2.05, 4.69) is 68.4 Å². The molecule has 0 fully saturated rings. The molecule has 0 saturated heterocycles. The fraction of sp³-hybridized carbons (Fsp3) is 0.273. The Bertz CT molecular complexity index is 943. The van der Waals surface area contributed by atoms with E-state index in [0.29, 0.717) is 10.6 Å². The van der Waals surface area contributed by atoms with E-state index in [4.69, 9.17) is 11.6 Å². The van der Waals surface area contributed by atoms with Crippen molar-refractivity contribution >= 4 is 35.0 Å². The summed E-state index contributed by atoms with van der Waals surface area (Å²) in [5.41, 5.74) is 8.79. The van der Waals surface area contributed by atoms with Gasteiger partial charge < -0.3 is 4.90 Å². The Hall–Kier alpha value is -2.59. The summed E-state index contributed by atoms with van der Waals surface area (Å²) in [4.78, 5) is 14.4. The summed E-state index contributed by atoms with van der Waals surface area (Å²) in [6, 6.07) is 11.0. The normalized spacial score (nSPS) is 15.5. The van der Waals surface area contributed by atoms with Crippen LogP contribution in [-0.2, 0) is 0 Å². The number of nitrogens with zero attached hydrogens (tertiary/aromatic N) is 2. The van der Waals surface area contributed by atoms with Crippen molar-refractivity contribution in [2.45, 2.75) is 33.2 Å². The molecule has 3 rings (SSSR count). The van der Waals surface area contributed by atoms with Gasteiger partial charge in [0.1, 0.15) is 0 Å². The van der Waals surface area contributed by atoms with Crippen LogP contribution in [0.5, 0.6) is 0 Å². The van der Waals surface area contributed by atoms with Gasteiger partial charge in [-0.3, -0.25) is 4.79 Å². The summed E-state index contributed by atoms with van der Waals surface area (Å²) in [6.07, 6.45) is 3.96. The largest absolute Gasteiger partial charge is 0.365 e. The van der Waals surface area contributed by atoms with Crippen LogP contribution in [0.1, 0.15) is 47.8 Å². The molecule has 0 radical (unpaired) electrons. The van der Waals surface area contributed by atoms with Gasteiger partial charge in [-0.1, -0.05) is 17.7 Å². The van der Waals surface area contributed by atoms with Gasteiger partial charge >= 0.3 is 0 Å². The van der Waals surface area contributed by atoms with Crippen molar-refractivity contribution in [3.05, 3.63) is 69.8 Å². The number of rotatable bonds is 3. The predicted molar refractivity (Wildman–Crippen MR) is 114 cm³/mol.